The minimum atomic E-state index is -0.120. The maximum absolute atomic E-state index is 13.7. The summed E-state index contributed by atoms with van der Waals surface area (Å²) in [4.78, 5) is 0. The highest BCUT2D eigenvalue weighted by Gasteiger charge is 2.27. The molecule has 0 spiro atoms. The summed E-state index contributed by atoms with van der Waals surface area (Å²) in [6.45, 7) is 6.19. The summed E-state index contributed by atoms with van der Waals surface area (Å²) in [5, 5.41) is 6.47. The van der Waals surface area contributed by atoms with E-state index in [1.807, 2.05) is 35.2 Å². The fraction of sp³-hybridized carbons (Fsp3) is 0.412. The quantitative estimate of drug-likeness (QED) is 0.804. The van der Waals surface area contributed by atoms with Crippen LogP contribution in [0.3, 0.4) is 0 Å². The van der Waals surface area contributed by atoms with Gasteiger partial charge in [0, 0.05) is 17.3 Å². The lowest BCUT2D eigenvalue weighted by atomic mass is 10.0. The molecule has 1 aliphatic heterocycles. The van der Waals surface area contributed by atoms with Crippen LogP contribution in [0, 0.1) is 12.7 Å². The summed E-state index contributed by atoms with van der Waals surface area (Å²) in [7, 11) is 0. The molecule has 1 aromatic heterocycles. The van der Waals surface area contributed by atoms with Crippen molar-refractivity contribution in [3.8, 4) is 0 Å². The highest BCUT2D eigenvalue weighted by atomic mass is 32.2. The van der Waals surface area contributed by atoms with Crippen LogP contribution in [-0.4, -0.2) is 5.25 Å². The highest BCUT2D eigenvalue weighted by molar-refractivity contribution is 8.01. The van der Waals surface area contributed by atoms with E-state index in [-0.39, 0.29) is 11.9 Å². The summed E-state index contributed by atoms with van der Waals surface area (Å²) >= 11 is 3.79. The first kappa shape index (κ1) is 15.1. The molecule has 1 N–H and O–H groups in total. The average molecular weight is 321 g/mol. The molecule has 2 unspecified atom stereocenters. The molecule has 0 radical (unpaired) electrons. The monoisotopic (exact) mass is 321 g/mol. The van der Waals surface area contributed by atoms with Crippen LogP contribution < -0.4 is 5.32 Å². The highest BCUT2D eigenvalue weighted by Crippen LogP contribution is 2.44. The first-order valence-corrected chi connectivity index (χ1v) is 9.06. The number of rotatable bonds is 3. The number of aryl methyl sites for hydroxylation is 1. The van der Waals surface area contributed by atoms with Crippen LogP contribution in [0.25, 0.3) is 0 Å². The Morgan fingerprint density at radius 1 is 1.33 bits per heavy atom. The molecule has 112 valence electrons. The van der Waals surface area contributed by atoms with E-state index in [2.05, 4.69) is 30.6 Å². The zero-order valence-electron chi connectivity index (χ0n) is 12.5. The summed E-state index contributed by atoms with van der Waals surface area (Å²) in [6, 6.07) is 8.26. The van der Waals surface area contributed by atoms with Crippen LogP contribution in [0.5, 0.6) is 0 Å². The van der Waals surface area contributed by atoms with Gasteiger partial charge in [-0.3, -0.25) is 0 Å². The Labute approximate surface area is 134 Å². The molecule has 4 heteroatoms. The van der Waals surface area contributed by atoms with Crippen molar-refractivity contribution in [2.75, 3.05) is 0 Å². The summed E-state index contributed by atoms with van der Waals surface area (Å²) in [5.41, 5.74) is 3.12. The summed E-state index contributed by atoms with van der Waals surface area (Å²) in [6.07, 6.45) is 1.12. The van der Waals surface area contributed by atoms with Gasteiger partial charge in [0.25, 0.3) is 0 Å². The van der Waals surface area contributed by atoms with Crippen LogP contribution in [0.4, 0.5) is 4.39 Å². The SMILES string of the molecule is Cc1ccc(C(C)NC2C[C@H](C)Sc3sccc32)cc1F. The zero-order chi connectivity index (χ0) is 15.0. The first-order chi connectivity index (χ1) is 10.0. The second kappa shape index (κ2) is 6.11. The third kappa shape index (κ3) is 3.17. The summed E-state index contributed by atoms with van der Waals surface area (Å²) in [5.74, 6) is -0.120. The van der Waals surface area contributed by atoms with Gasteiger partial charge in [0.1, 0.15) is 5.82 Å². The lowest BCUT2D eigenvalue weighted by molar-refractivity contribution is 0.434. The van der Waals surface area contributed by atoms with Crippen molar-refractivity contribution < 1.29 is 4.39 Å². The zero-order valence-corrected chi connectivity index (χ0v) is 14.2. The van der Waals surface area contributed by atoms with Crippen molar-refractivity contribution in [1.29, 1.82) is 0 Å². The van der Waals surface area contributed by atoms with E-state index in [1.165, 1.54) is 9.77 Å². The van der Waals surface area contributed by atoms with Crippen molar-refractivity contribution in [3.05, 3.63) is 52.2 Å². The molecule has 1 nitrogen and oxygen atoms in total. The maximum atomic E-state index is 13.7. The maximum Gasteiger partial charge on any atom is 0.126 e. The Bertz CT molecular complexity index is 637. The molecule has 3 atom stereocenters. The van der Waals surface area contributed by atoms with E-state index in [9.17, 15) is 4.39 Å². The number of benzene rings is 1. The lowest BCUT2D eigenvalue weighted by Crippen LogP contribution is -2.28. The molecular weight excluding hydrogens is 301 g/mol. The van der Waals surface area contributed by atoms with Crippen LogP contribution >= 0.6 is 23.1 Å². The Hall–Kier alpha value is -0.840. The Kier molecular flexibility index (Phi) is 4.38. The number of hydrogen-bond donors (Lipinski definition) is 1. The van der Waals surface area contributed by atoms with Gasteiger partial charge in [0.2, 0.25) is 0 Å². The molecule has 0 amide bonds. The van der Waals surface area contributed by atoms with E-state index >= 15 is 0 Å². The van der Waals surface area contributed by atoms with Crippen LogP contribution in [-0.2, 0) is 0 Å². The second-order valence-electron chi connectivity index (χ2n) is 5.78. The van der Waals surface area contributed by atoms with Crippen LogP contribution in [0.1, 0.15) is 49.0 Å². The van der Waals surface area contributed by atoms with Gasteiger partial charge >= 0.3 is 0 Å². The van der Waals surface area contributed by atoms with Crippen molar-refractivity contribution in [2.45, 2.75) is 48.7 Å². The average Bonchev–Trinajstić information content (AvgIpc) is 2.90. The van der Waals surface area contributed by atoms with E-state index in [4.69, 9.17) is 0 Å². The lowest BCUT2D eigenvalue weighted by Gasteiger charge is -2.30. The number of thioether (sulfide) groups is 1. The molecule has 0 aliphatic carbocycles. The largest absolute Gasteiger partial charge is 0.303 e. The van der Waals surface area contributed by atoms with Gasteiger partial charge in [-0.2, -0.15) is 0 Å². The smallest absolute Gasteiger partial charge is 0.126 e. The van der Waals surface area contributed by atoms with Gasteiger partial charge in [-0.05, 0) is 54.5 Å². The molecule has 0 bridgehead atoms. The first-order valence-electron chi connectivity index (χ1n) is 7.30. The minimum absolute atomic E-state index is 0.120. The van der Waals surface area contributed by atoms with E-state index < -0.39 is 0 Å². The molecule has 0 saturated carbocycles. The van der Waals surface area contributed by atoms with Gasteiger partial charge in [-0.1, -0.05) is 19.1 Å². The topological polar surface area (TPSA) is 12.0 Å². The minimum Gasteiger partial charge on any atom is -0.303 e. The van der Waals surface area contributed by atoms with Gasteiger partial charge in [0.05, 0.1) is 4.21 Å². The molecule has 2 aromatic rings. The van der Waals surface area contributed by atoms with Crippen molar-refractivity contribution in [1.82, 2.24) is 5.32 Å². The molecule has 1 aromatic carbocycles. The standard InChI is InChI=1S/C17H20FNS2/c1-10-4-5-13(9-15(10)18)12(3)19-16-8-11(2)21-17-14(16)6-7-20-17/h4-7,9,11-12,16,19H,8H2,1-3H3/t11-,12?,16?/m0/s1. The summed E-state index contributed by atoms with van der Waals surface area (Å²) < 4.78 is 15.2. The molecule has 0 fully saturated rings. The van der Waals surface area contributed by atoms with Gasteiger partial charge < -0.3 is 5.32 Å². The molecule has 21 heavy (non-hydrogen) atoms. The Balaban J connectivity index is 1.79. The van der Waals surface area contributed by atoms with Gasteiger partial charge in [-0.15, -0.1) is 23.1 Å². The molecule has 3 rings (SSSR count). The number of nitrogens with one attached hydrogen (secondary N) is 1. The fourth-order valence-electron chi connectivity index (χ4n) is 2.78. The van der Waals surface area contributed by atoms with Gasteiger partial charge in [-0.25, -0.2) is 4.39 Å². The number of fused-ring (bicyclic) bond motifs is 1. The predicted octanol–water partition coefficient (Wildman–Crippen LogP) is 5.47. The molecule has 0 saturated heterocycles. The third-order valence-electron chi connectivity index (χ3n) is 4.06. The number of halogens is 1. The third-order valence-corrected chi connectivity index (χ3v) is 6.40. The molecule has 1 aliphatic rings. The van der Waals surface area contributed by atoms with Crippen LogP contribution in [0.15, 0.2) is 33.9 Å². The molecule has 2 heterocycles. The number of thiophene rings is 1. The van der Waals surface area contributed by atoms with Crippen molar-refractivity contribution in [3.63, 3.8) is 0 Å². The predicted molar refractivity (Wildman–Crippen MR) is 89.7 cm³/mol. The second-order valence-corrected chi connectivity index (χ2v) is 8.40. The van der Waals surface area contributed by atoms with Crippen molar-refractivity contribution in [2.24, 2.45) is 0 Å². The van der Waals surface area contributed by atoms with E-state index in [0.29, 0.717) is 16.9 Å². The Morgan fingerprint density at radius 2 is 2.14 bits per heavy atom. The molecular formula is C17H20FNS2. The van der Waals surface area contributed by atoms with Crippen molar-refractivity contribution >= 4 is 23.1 Å². The number of hydrogen-bond acceptors (Lipinski definition) is 3. The normalized spacial score (nSPS) is 22.9. The van der Waals surface area contributed by atoms with E-state index in [1.54, 1.807) is 13.0 Å². The van der Waals surface area contributed by atoms with Crippen LogP contribution in [0.2, 0.25) is 0 Å². The fourth-order valence-corrected chi connectivity index (χ4v) is 5.35. The van der Waals surface area contributed by atoms with Gasteiger partial charge in [0.15, 0.2) is 0 Å². The van der Waals surface area contributed by atoms with E-state index in [0.717, 1.165) is 12.0 Å². The Morgan fingerprint density at radius 3 is 2.90 bits per heavy atom.